The van der Waals surface area contributed by atoms with Crippen molar-refractivity contribution in [2.24, 2.45) is 0 Å². The molecule has 66 valence electrons. The maximum absolute atomic E-state index is 9.17. The molecular formula is C7H10ClN3O. The average Bonchev–Trinajstić information content (AvgIpc) is 2.03. The van der Waals surface area contributed by atoms with Crippen LogP contribution in [-0.2, 0) is 0 Å². The first-order valence-corrected chi connectivity index (χ1v) is 3.88. The number of nitrogens with zero attached hydrogens (tertiary/aromatic N) is 3. The molecule has 0 aliphatic carbocycles. The molecule has 0 aromatic carbocycles. The number of aliphatic hydroxyl groups is 1. The smallest absolute Gasteiger partial charge is 0.228 e. The van der Waals surface area contributed by atoms with Crippen LogP contribution in [0.25, 0.3) is 0 Å². The fraction of sp³-hybridized carbons (Fsp3) is 0.429. The van der Waals surface area contributed by atoms with Gasteiger partial charge in [0.15, 0.2) is 0 Å². The third-order valence-corrected chi connectivity index (χ3v) is 1.70. The van der Waals surface area contributed by atoms with Gasteiger partial charge in [-0.15, -0.1) is 0 Å². The van der Waals surface area contributed by atoms with Gasteiger partial charge in [0, 0.05) is 13.2 Å². The number of hydrogen-bond donors (Lipinski definition) is 1. The molecule has 0 saturated heterocycles. The summed E-state index contributed by atoms with van der Waals surface area (Å²) in [5.74, 6) is 0.414. The molecule has 1 rings (SSSR count). The first kappa shape index (κ1) is 9.22. The van der Waals surface area contributed by atoms with E-state index >= 15 is 0 Å². The molecule has 0 amide bonds. The lowest BCUT2D eigenvalue weighted by atomic mass is 10.5. The summed E-state index contributed by atoms with van der Waals surface area (Å²) in [4.78, 5) is 9.37. The summed E-state index contributed by atoms with van der Waals surface area (Å²) < 4.78 is 0. The Bertz CT molecular complexity index is 267. The van der Waals surface area contributed by atoms with Crippen LogP contribution in [0.1, 0.15) is 6.92 Å². The maximum atomic E-state index is 9.17. The lowest BCUT2D eigenvalue weighted by molar-refractivity contribution is 0.193. The van der Waals surface area contributed by atoms with Crippen molar-refractivity contribution < 1.29 is 5.11 Å². The number of rotatable bonds is 2. The Hall–Kier alpha value is -0.870. The molecule has 1 N–H and O–H groups in total. The van der Waals surface area contributed by atoms with Crippen LogP contribution < -0.4 is 4.90 Å². The Balaban J connectivity index is 2.88. The molecular weight excluding hydrogens is 178 g/mol. The topological polar surface area (TPSA) is 49.2 Å². The Morgan fingerprint density at radius 1 is 1.67 bits per heavy atom. The number of halogens is 1. The molecule has 4 nitrogen and oxygen atoms in total. The van der Waals surface area contributed by atoms with Gasteiger partial charge in [-0.05, 0) is 13.0 Å². The van der Waals surface area contributed by atoms with E-state index in [2.05, 4.69) is 9.97 Å². The molecule has 1 aromatic rings. The number of anilines is 1. The Kier molecular flexibility index (Phi) is 2.83. The van der Waals surface area contributed by atoms with E-state index in [9.17, 15) is 0 Å². The van der Waals surface area contributed by atoms with Crippen LogP contribution in [0.3, 0.4) is 0 Å². The Labute approximate surface area is 75.8 Å². The zero-order valence-electron chi connectivity index (χ0n) is 6.90. The minimum Gasteiger partial charge on any atom is -0.374 e. The van der Waals surface area contributed by atoms with E-state index in [1.165, 1.54) is 4.90 Å². The predicted octanol–water partition coefficient (Wildman–Crippen LogP) is 0.904. The van der Waals surface area contributed by atoms with Crippen molar-refractivity contribution in [3.05, 3.63) is 17.4 Å². The minimum absolute atomic E-state index is 0.368. The lowest BCUT2D eigenvalue weighted by Crippen LogP contribution is -2.29. The second kappa shape index (κ2) is 3.69. The Morgan fingerprint density at radius 2 is 2.33 bits per heavy atom. The summed E-state index contributed by atoms with van der Waals surface area (Å²) in [5.41, 5.74) is 0. The van der Waals surface area contributed by atoms with Crippen LogP contribution in [0, 0.1) is 0 Å². The predicted molar refractivity (Wildman–Crippen MR) is 47.1 cm³/mol. The van der Waals surface area contributed by atoms with E-state index in [1.54, 1.807) is 26.2 Å². The summed E-state index contributed by atoms with van der Waals surface area (Å²) in [7, 11) is 1.69. The Morgan fingerprint density at radius 3 is 2.83 bits per heavy atom. The van der Waals surface area contributed by atoms with Gasteiger partial charge in [-0.25, -0.2) is 9.97 Å². The van der Waals surface area contributed by atoms with Crippen LogP contribution in [0.15, 0.2) is 12.3 Å². The molecule has 0 aliphatic heterocycles. The summed E-state index contributed by atoms with van der Waals surface area (Å²) in [6.45, 7) is 1.63. The zero-order valence-corrected chi connectivity index (χ0v) is 7.65. The molecule has 0 spiro atoms. The molecule has 0 saturated carbocycles. The van der Waals surface area contributed by atoms with Crippen LogP contribution in [-0.4, -0.2) is 28.4 Å². The van der Waals surface area contributed by atoms with E-state index in [-0.39, 0.29) is 0 Å². The van der Waals surface area contributed by atoms with Gasteiger partial charge in [0.1, 0.15) is 11.4 Å². The summed E-state index contributed by atoms with van der Waals surface area (Å²) in [6.07, 6.45) is 0.923. The van der Waals surface area contributed by atoms with E-state index < -0.39 is 6.23 Å². The van der Waals surface area contributed by atoms with Crippen molar-refractivity contribution in [2.45, 2.75) is 13.2 Å². The van der Waals surface area contributed by atoms with Crippen LogP contribution in [0.4, 0.5) is 5.95 Å². The number of aliphatic hydroxyl groups excluding tert-OH is 1. The van der Waals surface area contributed by atoms with Crippen LogP contribution in [0.2, 0.25) is 5.15 Å². The standard InChI is InChI=1S/C7H10ClN3O/c1-5(12)11(2)7-9-4-3-6(8)10-7/h3-5,12H,1-2H3. The van der Waals surface area contributed by atoms with Gasteiger partial charge in [0.2, 0.25) is 5.95 Å². The molecule has 0 bridgehead atoms. The third kappa shape index (κ3) is 2.06. The molecule has 0 fully saturated rings. The van der Waals surface area contributed by atoms with E-state index in [1.807, 2.05) is 0 Å². The molecule has 1 unspecified atom stereocenters. The molecule has 12 heavy (non-hydrogen) atoms. The molecule has 1 heterocycles. The van der Waals surface area contributed by atoms with Crippen molar-refractivity contribution >= 4 is 17.5 Å². The normalized spacial score (nSPS) is 12.7. The average molecular weight is 188 g/mol. The fourth-order valence-electron chi connectivity index (χ4n) is 0.664. The highest BCUT2D eigenvalue weighted by Crippen LogP contribution is 2.10. The van der Waals surface area contributed by atoms with Gasteiger partial charge in [-0.3, -0.25) is 0 Å². The second-order valence-corrected chi connectivity index (χ2v) is 2.81. The highest BCUT2D eigenvalue weighted by Gasteiger charge is 2.08. The van der Waals surface area contributed by atoms with E-state index in [0.717, 1.165) is 0 Å². The van der Waals surface area contributed by atoms with Crippen LogP contribution in [0.5, 0.6) is 0 Å². The minimum atomic E-state index is -0.622. The zero-order chi connectivity index (χ0) is 9.14. The number of aromatic nitrogens is 2. The quantitative estimate of drug-likeness (QED) is 0.552. The highest BCUT2D eigenvalue weighted by molar-refractivity contribution is 6.29. The van der Waals surface area contributed by atoms with Gasteiger partial charge in [-0.1, -0.05) is 11.6 Å². The van der Waals surface area contributed by atoms with Gasteiger partial charge in [0.25, 0.3) is 0 Å². The molecule has 0 aliphatic rings. The molecule has 1 atom stereocenters. The van der Waals surface area contributed by atoms with E-state index in [4.69, 9.17) is 16.7 Å². The van der Waals surface area contributed by atoms with Gasteiger partial charge in [0.05, 0.1) is 0 Å². The summed E-state index contributed by atoms with van der Waals surface area (Å²) in [6, 6.07) is 1.58. The van der Waals surface area contributed by atoms with Crippen molar-refractivity contribution in [3.8, 4) is 0 Å². The largest absolute Gasteiger partial charge is 0.374 e. The van der Waals surface area contributed by atoms with Gasteiger partial charge >= 0.3 is 0 Å². The summed E-state index contributed by atoms with van der Waals surface area (Å²) >= 11 is 5.63. The van der Waals surface area contributed by atoms with Crippen molar-refractivity contribution in [1.82, 2.24) is 9.97 Å². The van der Waals surface area contributed by atoms with Crippen LogP contribution >= 0.6 is 11.6 Å². The third-order valence-electron chi connectivity index (χ3n) is 1.48. The second-order valence-electron chi connectivity index (χ2n) is 2.42. The number of hydrogen-bond acceptors (Lipinski definition) is 4. The van der Waals surface area contributed by atoms with Crippen molar-refractivity contribution in [2.75, 3.05) is 11.9 Å². The molecule has 1 aromatic heterocycles. The SMILES string of the molecule is CC(O)N(C)c1nccc(Cl)n1. The maximum Gasteiger partial charge on any atom is 0.228 e. The van der Waals surface area contributed by atoms with Gasteiger partial charge < -0.3 is 10.0 Å². The monoisotopic (exact) mass is 187 g/mol. The summed E-state index contributed by atoms with van der Waals surface area (Å²) in [5, 5.41) is 9.54. The lowest BCUT2D eigenvalue weighted by Gasteiger charge is -2.19. The first-order chi connectivity index (χ1) is 5.61. The van der Waals surface area contributed by atoms with Gasteiger partial charge in [-0.2, -0.15) is 0 Å². The molecule has 0 radical (unpaired) electrons. The van der Waals surface area contributed by atoms with Crippen molar-refractivity contribution in [3.63, 3.8) is 0 Å². The van der Waals surface area contributed by atoms with E-state index in [0.29, 0.717) is 11.1 Å². The fourth-order valence-corrected chi connectivity index (χ4v) is 0.796. The molecule has 5 heteroatoms. The highest BCUT2D eigenvalue weighted by atomic mass is 35.5. The first-order valence-electron chi connectivity index (χ1n) is 3.50. The van der Waals surface area contributed by atoms with Crippen molar-refractivity contribution in [1.29, 1.82) is 0 Å².